The van der Waals surface area contributed by atoms with Crippen molar-refractivity contribution in [2.75, 3.05) is 23.8 Å². The second-order valence-corrected chi connectivity index (χ2v) is 4.89. The molecular weight excluding hydrogens is 293 g/mol. The number of benzene rings is 1. The molecule has 1 aliphatic heterocycles. The Morgan fingerprint density at radius 3 is 2.22 bits per heavy atom. The topological polar surface area (TPSA) is 12.5 Å². The molecule has 2 unspecified atom stereocenters. The molecule has 18 heavy (non-hydrogen) atoms. The highest BCUT2D eigenvalue weighted by Crippen LogP contribution is 2.37. The van der Waals surface area contributed by atoms with E-state index in [0.717, 1.165) is 24.3 Å². The molecule has 5 heteroatoms. The smallest absolute Gasteiger partial charge is 0.142 e. The minimum Gasteiger partial charge on any atom is -0.495 e. The minimum atomic E-state index is 0. The normalized spacial score (nSPS) is 22.7. The first-order valence-corrected chi connectivity index (χ1v) is 6.92. The van der Waals surface area contributed by atoms with E-state index in [9.17, 15) is 0 Å². The zero-order valence-corrected chi connectivity index (χ0v) is 12.6. The van der Waals surface area contributed by atoms with Gasteiger partial charge < -0.3 is 9.64 Å². The van der Waals surface area contributed by atoms with Crippen LogP contribution < -0.4 is 9.64 Å². The fourth-order valence-corrected chi connectivity index (χ4v) is 3.11. The first kappa shape index (κ1) is 15.7. The fourth-order valence-electron chi connectivity index (χ4n) is 2.50. The van der Waals surface area contributed by atoms with E-state index < -0.39 is 0 Å². The lowest BCUT2D eigenvalue weighted by molar-refractivity contribution is 0.413. The molecule has 1 heterocycles. The van der Waals surface area contributed by atoms with Crippen molar-refractivity contribution < 1.29 is 4.74 Å². The molecule has 2 nitrogen and oxygen atoms in total. The van der Waals surface area contributed by atoms with Crippen LogP contribution in [0.25, 0.3) is 0 Å². The van der Waals surface area contributed by atoms with Gasteiger partial charge in [-0.05, 0) is 25.0 Å². The SMILES string of the molecule is COc1ccccc1N1C(CCl)CCC1CCl.Cl. The van der Waals surface area contributed by atoms with Crippen LogP contribution in [-0.4, -0.2) is 31.0 Å². The molecule has 0 bridgehead atoms. The first-order chi connectivity index (χ1) is 8.31. The molecule has 0 aliphatic carbocycles. The summed E-state index contributed by atoms with van der Waals surface area (Å²) < 4.78 is 5.42. The van der Waals surface area contributed by atoms with Crippen LogP contribution in [0.3, 0.4) is 0 Å². The maximum absolute atomic E-state index is 6.04. The van der Waals surface area contributed by atoms with Gasteiger partial charge in [-0.1, -0.05) is 12.1 Å². The standard InChI is InChI=1S/C13H17Cl2NO.ClH/c1-17-13-5-3-2-4-12(13)16-10(8-14)6-7-11(16)9-15;/h2-5,10-11H,6-9H2,1H3;1H. The summed E-state index contributed by atoms with van der Waals surface area (Å²) in [5, 5.41) is 0. The largest absolute Gasteiger partial charge is 0.495 e. The van der Waals surface area contributed by atoms with Gasteiger partial charge in [-0.2, -0.15) is 0 Å². The van der Waals surface area contributed by atoms with Gasteiger partial charge in [0.15, 0.2) is 0 Å². The van der Waals surface area contributed by atoms with Crippen molar-refractivity contribution >= 4 is 41.3 Å². The summed E-state index contributed by atoms with van der Waals surface area (Å²) in [5.74, 6) is 2.15. The second-order valence-electron chi connectivity index (χ2n) is 4.27. The number of anilines is 1. The molecule has 0 spiro atoms. The number of methoxy groups -OCH3 is 1. The van der Waals surface area contributed by atoms with Crippen molar-refractivity contribution in [3.8, 4) is 5.75 Å². The molecular formula is C13H18Cl3NO. The lowest BCUT2D eigenvalue weighted by Crippen LogP contribution is -2.38. The van der Waals surface area contributed by atoms with Crippen molar-refractivity contribution in [3.05, 3.63) is 24.3 Å². The summed E-state index contributed by atoms with van der Waals surface area (Å²) in [6.07, 6.45) is 2.19. The van der Waals surface area contributed by atoms with Crippen LogP contribution >= 0.6 is 35.6 Å². The molecule has 0 radical (unpaired) electrons. The number of rotatable bonds is 4. The lowest BCUT2D eigenvalue weighted by atomic mass is 10.2. The second kappa shape index (κ2) is 7.32. The number of nitrogens with zero attached hydrogens (tertiary/aromatic N) is 1. The molecule has 1 aromatic rings. The predicted octanol–water partition coefficient (Wildman–Crippen LogP) is 3.93. The summed E-state index contributed by atoms with van der Waals surface area (Å²) in [7, 11) is 1.69. The van der Waals surface area contributed by atoms with Crippen LogP contribution in [-0.2, 0) is 0 Å². The Balaban J connectivity index is 0.00000162. The Hall–Kier alpha value is -0.310. The Bertz CT molecular complexity index is 363. The van der Waals surface area contributed by atoms with Gasteiger partial charge in [0.1, 0.15) is 5.75 Å². The number of halogens is 3. The summed E-state index contributed by atoms with van der Waals surface area (Å²) in [5.41, 5.74) is 1.10. The third-order valence-corrected chi connectivity index (χ3v) is 4.05. The van der Waals surface area contributed by atoms with Gasteiger partial charge in [0.05, 0.1) is 12.8 Å². The summed E-state index contributed by atoms with van der Waals surface area (Å²) >= 11 is 12.1. The van der Waals surface area contributed by atoms with Crippen molar-refractivity contribution in [2.24, 2.45) is 0 Å². The van der Waals surface area contributed by atoms with Gasteiger partial charge in [-0.15, -0.1) is 35.6 Å². The number of hydrogen-bond acceptors (Lipinski definition) is 2. The van der Waals surface area contributed by atoms with Crippen molar-refractivity contribution in [1.29, 1.82) is 0 Å². The lowest BCUT2D eigenvalue weighted by Gasteiger charge is -2.31. The fraction of sp³-hybridized carbons (Fsp3) is 0.538. The molecule has 1 saturated heterocycles. The van der Waals surface area contributed by atoms with Crippen LogP contribution in [0.4, 0.5) is 5.69 Å². The first-order valence-electron chi connectivity index (χ1n) is 5.85. The molecule has 0 N–H and O–H groups in total. The number of hydrogen-bond donors (Lipinski definition) is 0. The molecule has 0 saturated carbocycles. The van der Waals surface area contributed by atoms with Crippen LogP contribution in [0, 0.1) is 0 Å². The van der Waals surface area contributed by atoms with Crippen LogP contribution in [0.2, 0.25) is 0 Å². The van der Waals surface area contributed by atoms with Crippen LogP contribution in [0.15, 0.2) is 24.3 Å². The Labute approximate surface area is 125 Å². The highest BCUT2D eigenvalue weighted by molar-refractivity contribution is 6.19. The van der Waals surface area contributed by atoms with Gasteiger partial charge in [0.2, 0.25) is 0 Å². The average molecular weight is 311 g/mol. The quantitative estimate of drug-likeness (QED) is 0.781. The van der Waals surface area contributed by atoms with Gasteiger partial charge >= 0.3 is 0 Å². The van der Waals surface area contributed by atoms with E-state index in [-0.39, 0.29) is 12.4 Å². The molecule has 1 aliphatic rings. The molecule has 0 amide bonds. The van der Waals surface area contributed by atoms with Crippen LogP contribution in [0.5, 0.6) is 5.75 Å². The van der Waals surface area contributed by atoms with Gasteiger partial charge in [-0.3, -0.25) is 0 Å². The summed E-state index contributed by atoms with van der Waals surface area (Å²) in [6, 6.07) is 8.76. The Morgan fingerprint density at radius 1 is 1.17 bits per heavy atom. The maximum Gasteiger partial charge on any atom is 0.142 e. The number of para-hydroxylation sites is 2. The Morgan fingerprint density at radius 2 is 1.72 bits per heavy atom. The summed E-state index contributed by atoms with van der Waals surface area (Å²) in [6.45, 7) is 0. The van der Waals surface area contributed by atoms with E-state index in [0.29, 0.717) is 23.8 Å². The maximum atomic E-state index is 6.04. The van der Waals surface area contributed by atoms with E-state index >= 15 is 0 Å². The van der Waals surface area contributed by atoms with E-state index in [1.165, 1.54) is 0 Å². The zero-order valence-electron chi connectivity index (χ0n) is 10.3. The van der Waals surface area contributed by atoms with Gasteiger partial charge in [0.25, 0.3) is 0 Å². The zero-order chi connectivity index (χ0) is 12.3. The van der Waals surface area contributed by atoms with Gasteiger partial charge in [-0.25, -0.2) is 0 Å². The molecule has 2 atom stereocenters. The molecule has 0 aromatic heterocycles. The number of alkyl halides is 2. The molecule has 2 rings (SSSR count). The molecule has 102 valence electrons. The van der Waals surface area contributed by atoms with Crippen molar-refractivity contribution in [3.63, 3.8) is 0 Å². The molecule has 1 fully saturated rings. The monoisotopic (exact) mass is 309 g/mol. The van der Waals surface area contributed by atoms with E-state index in [1.807, 2.05) is 18.2 Å². The van der Waals surface area contributed by atoms with E-state index in [2.05, 4.69) is 11.0 Å². The third-order valence-electron chi connectivity index (χ3n) is 3.34. The highest BCUT2D eigenvalue weighted by Gasteiger charge is 2.33. The minimum absolute atomic E-state index is 0. The van der Waals surface area contributed by atoms with E-state index in [4.69, 9.17) is 27.9 Å². The number of ether oxygens (including phenoxy) is 1. The predicted molar refractivity (Wildman–Crippen MR) is 81.0 cm³/mol. The average Bonchev–Trinajstić information content (AvgIpc) is 2.81. The third kappa shape index (κ3) is 2.98. The molecule has 1 aromatic carbocycles. The van der Waals surface area contributed by atoms with E-state index in [1.54, 1.807) is 7.11 Å². The van der Waals surface area contributed by atoms with Crippen molar-refractivity contribution in [1.82, 2.24) is 0 Å². The Kier molecular flexibility index (Phi) is 6.40. The highest BCUT2D eigenvalue weighted by atomic mass is 35.5. The van der Waals surface area contributed by atoms with Crippen molar-refractivity contribution in [2.45, 2.75) is 24.9 Å². The summed E-state index contributed by atoms with van der Waals surface area (Å²) in [4.78, 5) is 2.32. The van der Waals surface area contributed by atoms with Gasteiger partial charge in [0, 0.05) is 23.8 Å². The van der Waals surface area contributed by atoms with Crippen LogP contribution in [0.1, 0.15) is 12.8 Å².